The predicted molar refractivity (Wildman–Crippen MR) is 73.2 cm³/mol. The summed E-state index contributed by atoms with van der Waals surface area (Å²) in [6, 6.07) is 14.8. The van der Waals surface area contributed by atoms with Crippen LogP contribution in [0.25, 0.3) is 0 Å². The van der Waals surface area contributed by atoms with Gasteiger partial charge in [0.25, 0.3) is 0 Å². The predicted octanol–water partition coefficient (Wildman–Crippen LogP) is 2.64. The van der Waals surface area contributed by atoms with Gasteiger partial charge in [-0.05, 0) is 23.3 Å². The van der Waals surface area contributed by atoms with Crippen molar-refractivity contribution in [2.45, 2.75) is 19.6 Å². The quantitative estimate of drug-likeness (QED) is 0.892. The minimum absolute atomic E-state index is 0.907. The van der Waals surface area contributed by atoms with Crippen LogP contribution in [0.1, 0.15) is 16.8 Å². The highest BCUT2D eigenvalue weighted by Gasteiger charge is 2.18. The van der Waals surface area contributed by atoms with Gasteiger partial charge in [0, 0.05) is 26.7 Å². The molecule has 2 heterocycles. The number of hydrogen-bond acceptors (Lipinski definition) is 3. The minimum atomic E-state index is 0.907. The monoisotopic (exact) mass is 239 g/mol. The second-order valence-corrected chi connectivity index (χ2v) is 4.68. The van der Waals surface area contributed by atoms with E-state index in [0.717, 1.165) is 31.1 Å². The average Bonchev–Trinajstić information content (AvgIpc) is 2.81. The lowest BCUT2D eigenvalue weighted by Crippen LogP contribution is -2.16. The molecule has 92 valence electrons. The zero-order chi connectivity index (χ0) is 12.4. The topological polar surface area (TPSA) is 28.2 Å². The lowest BCUT2D eigenvalue weighted by atomic mass is 10.1. The van der Waals surface area contributed by atoms with Crippen LogP contribution in [0, 0.1) is 0 Å². The van der Waals surface area contributed by atoms with Crippen molar-refractivity contribution in [2.24, 2.45) is 0 Å². The van der Waals surface area contributed by atoms with E-state index in [4.69, 9.17) is 0 Å². The number of nitrogens with one attached hydrogen (secondary N) is 1. The second-order valence-electron chi connectivity index (χ2n) is 4.68. The molecule has 2 aromatic rings. The average molecular weight is 239 g/mol. The second kappa shape index (κ2) is 4.78. The molecule has 18 heavy (non-hydrogen) atoms. The number of anilines is 1. The molecule has 0 unspecified atom stereocenters. The Kier molecular flexibility index (Phi) is 2.99. The van der Waals surface area contributed by atoms with Crippen LogP contribution in [0.4, 0.5) is 5.82 Å². The molecule has 0 radical (unpaired) electrons. The van der Waals surface area contributed by atoms with Gasteiger partial charge in [-0.3, -0.25) is 4.90 Å². The van der Waals surface area contributed by atoms with E-state index >= 15 is 0 Å². The SMILES string of the molecule is CNc1cccc(CN2Cc3ccccc3C2)n1. The standard InChI is InChI=1S/C15H17N3/c1-16-15-8-4-7-14(17-15)11-18-9-12-5-2-3-6-13(12)10-18/h2-8H,9-11H2,1H3,(H,16,17). The molecule has 1 N–H and O–H groups in total. The summed E-state index contributed by atoms with van der Waals surface area (Å²) in [5.41, 5.74) is 4.01. The van der Waals surface area contributed by atoms with Gasteiger partial charge in [-0.1, -0.05) is 30.3 Å². The fourth-order valence-corrected chi connectivity index (χ4v) is 2.45. The molecule has 0 bridgehead atoms. The van der Waals surface area contributed by atoms with Gasteiger partial charge in [-0.2, -0.15) is 0 Å². The number of pyridine rings is 1. The first-order valence-electron chi connectivity index (χ1n) is 6.28. The number of rotatable bonds is 3. The molecule has 0 saturated carbocycles. The summed E-state index contributed by atoms with van der Waals surface area (Å²) >= 11 is 0. The fourth-order valence-electron chi connectivity index (χ4n) is 2.45. The third-order valence-corrected chi connectivity index (χ3v) is 3.35. The smallest absolute Gasteiger partial charge is 0.126 e. The van der Waals surface area contributed by atoms with E-state index in [9.17, 15) is 0 Å². The van der Waals surface area contributed by atoms with Crippen molar-refractivity contribution in [1.82, 2.24) is 9.88 Å². The maximum Gasteiger partial charge on any atom is 0.126 e. The molecule has 0 saturated heterocycles. The molecule has 1 aliphatic heterocycles. The van der Waals surface area contributed by atoms with Gasteiger partial charge in [0.1, 0.15) is 5.82 Å². The van der Waals surface area contributed by atoms with Gasteiger partial charge in [0.2, 0.25) is 0 Å². The maximum atomic E-state index is 4.56. The van der Waals surface area contributed by atoms with Crippen LogP contribution < -0.4 is 5.32 Å². The van der Waals surface area contributed by atoms with E-state index in [2.05, 4.69) is 51.6 Å². The molecule has 0 atom stereocenters. The zero-order valence-corrected chi connectivity index (χ0v) is 10.6. The maximum absolute atomic E-state index is 4.56. The van der Waals surface area contributed by atoms with Gasteiger partial charge in [-0.15, -0.1) is 0 Å². The van der Waals surface area contributed by atoms with Gasteiger partial charge < -0.3 is 5.32 Å². The summed E-state index contributed by atoms with van der Waals surface area (Å²) in [7, 11) is 1.90. The Morgan fingerprint density at radius 3 is 2.44 bits per heavy atom. The highest BCUT2D eigenvalue weighted by atomic mass is 15.1. The first kappa shape index (κ1) is 11.2. The molecule has 0 aliphatic carbocycles. The molecule has 0 amide bonds. The lowest BCUT2D eigenvalue weighted by molar-refractivity contribution is 0.272. The largest absolute Gasteiger partial charge is 0.373 e. The Labute approximate surface area is 107 Å². The Bertz CT molecular complexity index is 526. The van der Waals surface area contributed by atoms with E-state index in [-0.39, 0.29) is 0 Å². The summed E-state index contributed by atoms with van der Waals surface area (Å²) in [6.07, 6.45) is 0. The van der Waals surface area contributed by atoms with Crippen molar-refractivity contribution >= 4 is 5.82 Å². The zero-order valence-electron chi connectivity index (χ0n) is 10.6. The molecular weight excluding hydrogens is 222 g/mol. The van der Waals surface area contributed by atoms with Crippen molar-refractivity contribution in [3.05, 3.63) is 59.3 Å². The number of aromatic nitrogens is 1. The first-order chi connectivity index (χ1) is 8.85. The van der Waals surface area contributed by atoms with Crippen LogP contribution in [0.3, 0.4) is 0 Å². The summed E-state index contributed by atoms with van der Waals surface area (Å²) in [4.78, 5) is 6.99. The Balaban J connectivity index is 1.72. The van der Waals surface area contributed by atoms with E-state index < -0.39 is 0 Å². The first-order valence-corrected chi connectivity index (χ1v) is 6.28. The highest BCUT2D eigenvalue weighted by Crippen LogP contribution is 2.23. The van der Waals surface area contributed by atoms with E-state index in [1.807, 2.05) is 13.1 Å². The highest BCUT2D eigenvalue weighted by molar-refractivity contribution is 5.34. The Morgan fingerprint density at radius 1 is 1.06 bits per heavy atom. The molecule has 3 heteroatoms. The molecule has 1 aliphatic rings. The molecule has 0 fully saturated rings. The molecule has 0 spiro atoms. The number of hydrogen-bond donors (Lipinski definition) is 1. The van der Waals surface area contributed by atoms with Crippen molar-refractivity contribution in [2.75, 3.05) is 12.4 Å². The van der Waals surface area contributed by atoms with Crippen LogP contribution in [-0.2, 0) is 19.6 Å². The molecular formula is C15H17N3. The molecule has 1 aromatic heterocycles. The third kappa shape index (κ3) is 2.22. The van der Waals surface area contributed by atoms with Crippen molar-refractivity contribution in [3.8, 4) is 0 Å². The normalized spacial score (nSPS) is 14.5. The van der Waals surface area contributed by atoms with Crippen LogP contribution in [0.2, 0.25) is 0 Å². The number of benzene rings is 1. The van der Waals surface area contributed by atoms with Gasteiger partial charge in [0.15, 0.2) is 0 Å². The van der Waals surface area contributed by atoms with Crippen LogP contribution in [0.15, 0.2) is 42.5 Å². The lowest BCUT2D eigenvalue weighted by Gasteiger charge is -2.14. The van der Waals surface area contributed by atoms with E-state index in [1.165, 1.54) is 11.1 Å². The summed E-state index contributed by atoms with van der Waals surface area (Å²) in [5, 5.41) is 3.08. The van der Waals surface area contributed by atoms with Crippen LogP contribution in [-0.4, -0.2) is 16.9 Å². The Hall–Kier alpha value is -1.87. The fraction of sp³-hybridized carbons (Fsp3) is 0.267. The van der Waals surface area contributed by atoms with E-state index in [1.54, 1.807) is 0 Å². The summed E-state index contributed by atoms with van der Waals surface area (Å²) < 4.78 is 0. The number of nitrogens with zero attached hydrogens (tertiary/aromatic N) is 2. The van der Waals surface area contributed by atoms with Gasteiger partial charge >= 0.3 is 0 Å². The molecule has 3 nitrogen and oxygen atoms in total. The Morgan fingerprint density at radius 2 is 1.78 bits per heavy atom. The van der Waals surface area contributed by atoms with Crippen LogP contribution in [0.5, 0.6) is 0 Å². The van der Waals surface area contributed by atoms with Crippen molar-refractivity contribution < 1.29 is 0 Å². The van der Waals surface area contributed by atoms with Crippen molar-refractivity contribution in [1.29, 1.82) is 0 Å². The third-order valence-electron chi connectivity index (χ3n) is 3.35. The summed E-state index contributed by atoms with van der Waals surface area (Å²) in [6.45, 7) is 2.97. The molecule has 3 rings (SSSR count). The van der Waals surface area contributed by atoms with Crippen molar-refractivity contribution in [3.63, 3.8) is 0 Å². The summed E-state index contributed by atoms with van der Waals surface area (Å²) in [5.74, 6) is 0.934. The van der Waals surface area contributed by atoms with Crippen LogP contribution >= 0.6 is 0 Å². The van der Waals surface area contributed by atoms with E-state index in [0.29, 0.717) is 0 Å². The minimum Gasteiger partial charge on any atom is -0.373 e. The number of fused-ring (bicyclic) bond motifs is 1. The van der Waals surface area contributed by atoms with Gasteiger partial charge in [-0.25, -0.2) is 4.98 Å². The molecule has 1 aromatic carbocycles. The van der Waals surface area contributed by atoms with Gasteiger partial charge in [0.05, 0.1) is 5.69 Å².